The Labute approximate surface area is 203 Å². The summed E-state index contributed by atoms with van der Waals surface area (Å²) in [6.07, 6.45) is 0.845. The number of ether oxygens (including phenoxy) is 2. The second kappa shape index (κ2) is 10.0. The molecule has 1 atom stereocenters. The number of methoxy groups -OCH3 is 1. The van der Waals surface area contributed by atoms with E-state index in [1.54, 1.807) is 48.5 Å². The van der Waals surface area contributed by atoms with Gasteiger partial charge in [-0.2, -0.15) is 0 Å². The van der Waals surface area contributed by atoms with Crippen LogP contribution in [-0.4, -0.2) is 30.5 Å². The highest BCUT2D eigenvalue weighted by Gasteiger charge is 2.47. The van der Waals surface area contributed by atoms with Crippen LogP contribution < -0.4 is 14.4 Å². The number of amides is 1. The van der Waals surface area contributed by atoms with Crippen molar-refractivity contribution in [2.75, 3.05) is 18.6 Å². The molecule has 1 N–H and O–H groups in total. The topological polar surface area (TPSA) is 76.1 Å². The number of carbonyl (C=O) groups excluding carboxylic acids is 2. The lowest BCUT2D eigenvalue weighted by Crippen LogP contribution is -2.29. The minimum atomic E-state index is -1.17. The van der Waals surface area contributed by atoms with E-state index in [2.05, 4.69) is 0 Å². The number of hydrogen-bond acceptors (Lipinski definition) is 5. The largest absolute Gasteiger partial charge is 0.507 e. The van der Waals surface area contributed by atoms with Crippen molar-refractivity contribution in [1.82, 2.24) is 0 Å². The third kappa shape index (κ3) is 4.49. The summed E-state index contributed by atoms with van der Waals surface area (Å²) in [7, 11) is 1.48. The molecule has 7 heteroatoms. The van der Waals surface area contributed by atoms with Crippen molar-refractivity contribution in [1.29, 1.82) is 0 Å². The maximum atomic E-state index is 15.0. The standard InChI is InChI=1S/C28H26FNO5/c1-4-14-35-23-13-12-18(15-17(23)2)26(31)24-25(21-10-5-6-11-22(21)29)30(28(33)27(24)32)19-8-7-9-20(16-19)34-3/h5-13,15-16,25,31H,4,14H2,1-3H3/b26-24+. The molecule has 0 aromatic heterocycles. The van der Waals surface area contributed by atoms with Crippen LogP contribution in [0.5, 0.6) is 11.5 Å². The number of halogens is 1. The number of hydrogen-bond donors (Lipinski definition) is 1. The SMILES string of the molecule is CCCOc1ccc(/C(O)=C2\C(=O)C(=O)N(c3cccc(OC)c3)C2c2ccccc2F)cc1C. The van der Waals surface area contributed by atoms with E-state index in [1.165, 1.54) is 30.2 Å². The molecule has 6 nitrogen and oxygen atoms in total. The summed E-state index contributed by atoms with van der Waals surface area (Å²) < 4.78 is 26.0. The van der Waals surface area contributed by atoms with Gasteiger partial charge in [0.25, 0.3) is 11.7 Å². The molecule has 3 aromatic carbocycles. The fourth-order valence-corrected chi connectivity index (χ4v) is 4.18. The quantitative estimate of drug-likeness (QED) is 0.275. The highest BCUT2D eigenvalue weighted by atomic mass is 19.1. The van der Waals surface area contributed by atoms with Crippen LogP contribution in [0.3, 0.4) is 0 Å². The lowest BCUT2D eigenvalue weighted by molar-refractivity contribution is -0.132. The van der Waals surface area contributed by atoms with Gasteiger partial charge in [0.05, 0.1) is 25.3 Å². The number of Topliss-reactive ketones (excluding diaryl/α,β-unsaturated/α-hetero) is 1. The van der Waals surface area contributed by atoms with Crippen LogP contribution in [0.1, 0.15) is 36.1 Å². The fourth-order valence-electron chi connectivity index (χ4n) is 4.18. The number of carbonyl (C=O) groups is 2. The van der Waals surface area contributed by atoms with Crippen LogP contribution in [0, 0.1) is 12.7 Å². The Kier molecular flexibility index (Phi) is 6.87. The van der Waals surface area contributed by atoms with E-state index in [4.69, 9.17) is 9.47 Å². The van der Waals surface area contributed by atoms with E-state index in [-0.39, 0.29) is 16.9 Å². The first-order chi connectivity index (χ1) is 16.9. The van der Waals surface area contributed by atoms with Gasteiger partial charge in [-0.1, -0.05) is 31.2 Å². The van der Waals surface area contributed by atoms with Crippen molar-refractivity contribution < 1.29 is 28.6 Å². The minimum Gasteiger partial charge on any atom is -0.507 e. The monoisotopic (exact) mass is 475 g/mol. The summed E-state index contributed by atoms with van der Waals surface area (Å²) in [4.78, 5) is 27.7. The first kappa shape index (κ1) is 24.0. The van der Waals surface area contributed by atoms with Crippen LogP contribution >= 0.6 is 0 Å². The zero-order chi connectivity index (χ0) is 25.1. The summed E-state index contributed by atoms with van der Waals surface area (Å²) in [6.45, 7) is 4.37. The third-order valence-corrected chi connectivity index (χ3v) is 5.89. The Morgan fingerprint density at radius 3 is 2.51 bits per heavy atom. The number of anilines is 1. The first-order valence-corrected chi connectivity index (χ1v) is 11.3. The number of aliphatic hydroxyl groups excluding tert-OH is 1. The zero-order valence-electron chi connectivity index (χ0n) is 19.7. The van der Waals surface area contributed by atoms with Crippen molar-refractivity contribution in [2.24, 2.45) is 0 Å². The molecular formula is C28H26FNO5. The van der Waals surface area contributed by atoms with Gasteiger partial charge in [-0.3, -0.25) is 14.5 Å². The van der Waals surface area contributed by atoms with Crippen LogP contribution in [0.25, 0.3) is 5.76 Å². The van der Waals surface area contributed by atoms with Crippen LogP contribution in [-0.2, 0) is 9.59 Å². The highest BCUT2D eigenvalue weighted by molar-refractivity contribution is 6.51. The van der Waals surface area contributed by atoms with Crippen LogP contribution in [0.4, 0.5) is 10.1 Å². The molecule has 1 heterocycles. The number of rotatable bonds is 7. The number of ketones is 1. The van der Waals surface area contributed by atoms with E-state index in [0.717, 1.165) is 12.0 Å². The van der Waals surface area contributed by atoms with Gasteiger partial charge < -0.3 is 14.6 Å². The molecule has 1 fully saturated rings. The number of nitrogens with zero attached hydrogens (tertiary/aromatic N) is 1. The summed E-state index contributed by atoms with van der Waals surface area (Å²) in [5, 5.41) is 11.3. The van der Waals surface area contributed by atoms with E-state index < -0.39 is 23.5 Å². The van der Waals surface area contributed by atoms with Gasteiger partial charge >= 0.3 is 0 Å². The lowest BCUT2D eigenvalue weighted by Gasteiger charge is -2.26. The van der Waals surface area contributed by atoms with Gasteiger partial charge in [-0.25, -0.2) is 4.39 Å². The van der Waals surface area contributed by atoms with Gasteiger partial charge in [0.1, 0.15) is 23.1 Å². The molecule has 1 aliphatic heterocycles. The molecule has 1 amide bonds. The van der Waals surface area contributed by atoms with E-state index in [1.807, 2.05) is 13.8 Å². The second-order valence-electron chi connectivity index (χ2n) is 8.22. The third-order valence-electron chi connectivity index (χ3n) is 5.89. The fraction of sp³-hybridized carbons (Fsp3) is 0.214. The Bertz CT molecular complexity index is 1320. The van der Waals surface area contributed by atoms with Crippen molar-refractivity contribution in [3.05, 3.63) is 94.8 Å². The highest BCUT2D eigenvalue weighted by Crippen LogP contribution is 2.43. The molecule has 0 aliphatic carbocycles. The lowest BCUT2D eigenvalue weighted by atomic mass is 9.94. The zero-order valence-corrected chi connectivity index (χ0v) is 19.7. The maximum Gasteiger partial charge on any atom is 0.300 e. The molecule has 35 heavy (non-hydrogen) atoms. The maximum absolute atomic E-state index is 15.0. The van der Waals surface area contributed by atoms with Crippen molar-refractivity contribution in [2.45, 2.75) is 26.3 Å². The van der Waals surface area contributed by atoms with Gasteiger partial charge in [0.15, 0.2) is 0 Å². The Morgan fingerprint density at radius 1 is 1.06 bits per heavy atom. The molecule has 1 unspecified atom stereocenters. The van der Waals surface area contributed by atoms with E-state index in [0.29, 0.717) is 29.4 Å². The van der Waals surface area contributed by atoms with Crippen molar-refractivity contribution >= 4 is 23.1 Å². The predicted molar refractivity (Wildman–Crippen MR) is 131 cm³/mol. The number of aliphatic hydroxyl groups is 1. The molecule has 3 aromatic rings. The Hall–Kier alpha value is -4.13. The van der Waals surface area contributed by atoms with E-state index in [9.17, 15) is 14.7 Å². The second-order valence-corrected chi connectivity index (χ2v) is 8.22. The molecule has 0 spiro atoms. The Balaban J connectivity index is 1.90. The summed E-state index contributed by atoms with van der Waals surface area (Å²) >= 11 is 0. The van der Waals surface area contributed by atoms with Crippen molar-refractivity contribution in [3.63, 3.8) is 0 Å². The van der Waals surface area contributed by atoms with Gasteiger partial charge in [-0.15, -0.1) is 0 Å². The molecule has 4 rings (SSSR count). The van der Waals surface area contributed by atoms with Crippen molar-refractivity contribution in [3.8, 4) is 11.5 Å². The molecule has 0 bridgehead atoms. The van der Waals surface area contributed by atoms with Gasteiger partial charge in [0.2, 0.25) is 0 Å². The van der Waals surface area contributed by atoms with Gasteiger partial charge in [-0.05, 0) is 55.3 Å². The molecule has 0 saturated carbocycles. The van der Waals surface area contributed by atoms with E-state index >= 15 is 4.39 Å². The number of aryl methyl sites for hydroxylation is 1. The average molecular weight is 476 g/mol. The molecule has 180 valence electrons. The van der Waals surface area contributed by atoms with Crippen LogP contribution in [0.15, 0.2) is 72.3 Å². The number of benzene rings is 3. The van der Waals surface area contributed by atoms with Gasteiger partial charge in [0, 0.05) is 22.9 Å². The summed E-state index contributed by atoms with van der Waals surface area (Å²) in [5.74, 6) is -1.62. The minimum absolute atomic E-state index is 0.0932. The summed E-state index contributed by atoms with van der Waals surface area (Å²) in [5.41, 5.74) is 1.33. The molecular weight excluding hydrogens is 449 g/mol. The smallest absolute Gasteiger partial charge is 0.300 e. The molecule has 0 radical (unpaired) electrons. The summed E-state index contributed by atoms with van der Waals surface area (Å²) in [6, 6.07) is 16.3. The molecule has 1 aliphatic rings. The normalized spacial score (nSPS) is 17.0. The predicted octanol–water partition coefficient (Wildman–Crippen LogP) is 5.56. The Morgan fingerprint density at radius 2 is 1.83 bits per heavy atom. The first-order valence-electron chi connectivity index (χ1n) is 11.3. The molecule has 1 saturated heterocycles. The average Bonchev–Trinajstić information content (AvgIpc) is 3.13. The van der Waals surface area contributed by atoms with Crippen LogP contribution in [0.2, 0.25) is 0 Å².